The van der Waals surface area contributed by atoms with Crippen molar-refractivity contribution in [3.63, 3.8) is 0 Å². The molecule has 0 fully saturated rings. The molecular formula is C22H18FNO4. The number of anilines is 1. The number of methoxy groups -OCH3 is 1. The fraction of sp³-hybridized carbons (Fsp3) is 0.0909. The number of carbonyl (C=O) groups is 2. The zero-order valence-electron chi connectivity index (χ0n) is 15.1. The summed E-state index contributed by atoms with van der Waals surface area (Å²) < 4.78 is 23.8. The largest absolute Gasteiger partial charge is 0.496 e. The van der Waals surface area contributed by atoms with Crippen molar-refractivity contribution in [1.29, 1.82) is 0 Å². The number of carbonyl (C=O) groups excluding carboxylic acids is 2. The first-order valence-corrected chi connectivity index (χ1v) is 8.54. The van der Waals surface area contributed by atoms with Gasteiger partial charge in [0, 0.05) is 11.3 Å². The Morgan fingerprint density at radius 3 is 2.21 bits per heavy atom. The summed E-state index contributed by atoms with van der Waals surface area (Å²) in [7, 11) is 1.45. The molecular weight excluding hydrogens is 361 g/mol. The molecule has 0 aliphatic heterocycles. The highest BCUT2D eigenvalue weighted by Crippen LogP contribution is 2.25. The van der Waals surface area contributed by atoms with Crippen molar-refractivity contribution in [3.05, 3.63) is 95.8 Å². The van der Waals surface area contributed by atoms with Gasteiger partial charge in [-0.2, -0.15) is 0 Å². The molecule has 0 aliphatic carbocycles. The molecule has 0 bridgehead atoms. The molecule has 0 heterocycles. The average Bonchev–Trinajstić information content (AvgIpc) is 2.74. The second-order valence-electron chi connectivity index (χ2n) is 5.89. The smallest absolute Gasteiger partial charge is 0.343 e. The van der Waals surface area contributed by atoms with E-state index in [1.165, 1.54) is 31.4 Å². The summed E-state index contributed by atoms with van der Waals surface area (Å²) in [6.45, 7) is 0. The van der Waals surface area contributed by atoms with Crippen LogP contribution >= 0.6 is 0 Å². The third kappa shape index (κ3) is 4.54. The summed E-state index contributed by atoms with van der Waals surface area (Å²) in [6.07, 6.45) is -1.19. The van der Waals surface area contributed by atoms with Crippen LogP contribution in [0.2, 0.25) is 0 Å². The lowest BCUT2D eigenvalue weighted by atomic mass is 10.1. The first kappa shape index (κ1) is 19.1. The minimum atomic E-state index is -1.19. The van der Waals surface area contributed by atoms with Crippen LogP contribution in [0.5, 0.6) is 5.75 Å². The molecule has 0 radical (unpaired) electrons. The van der Waals surface area contributed by atoms with Gasteiger partial charge in [-0.25, -0.2) is 9.18 Å². The van der Waals surface area contributed by atoms with Crippen molar-refractivity contribution < 1.29 is 23.5 Å². The maximum atomic E-state index is 13.1. The van der Waals surface area contributed by atoms with E-state index in [1.54, 1.807) is 54.6 Å². The van der Waals surface area contributed by atoms with Crippen molar-refractivity contribution >= 4 is 17.6 Å². The van der Waals surface area contributed by atoms with E-state index in [2.05, 4.69) is 5.32 Å². The average molecular weight is 379 g/mol. The molecule has 0 saturated heterocycles. The maximum Gasteiger partial charge on any atom is 0.343 e. The SMILES string of the molecule is COc1ccccc1C(=O)O[C@@H](C(=O)Nc1ccc(F)cc1)c1ccccc1. The van der Waals surface area contributed by atoms with Crippen LogP contribution < -0.4 is 10.1 Å². The molecule has 142 valence electrons. The quantitative estimate of drug-likeness (QED) is 0.646. The number of ether oxygens (including phenoxy) is 2. The second kappa shape index (κ2) is 8.81. The van der Waals surface area contributed by atoms with Crippen LogP contribution in [0.1, 0.15) is 22.0 Å². The van der Waals surface area contributed by atoms with Crippen molar-refractivity contribution in [2.75, 3.05) is 12.4 Å². The van der Waals surface area contributed by atoms with E-state index in [0.29, 0.717) is 17.0 Å². The summed E-state index contributed by atoms with van der Waals surface area (Å²) >= 11 is 0. The van der Waals surface area contributed by atoms with Gasteiger partial charge in [0.1, 0.15) is 17.1 Å². The van der Waals surface area contributed by atoms with Crippen LogP contribution in [0.25, 0.3) is 0 Å². The lowest BCUT2D eigenvalue weighted by Gasteiger charge is -2.19. The van der Waals surface area contributed by atoms with Gasteiger partial charge in [-0.15, -0.1) is 0 Å². The fourth-order valence-electron chi connectivity index (χ4n) is 2.63. The maximum absolute atomic E-state index is 13.1. The predicted octanol–water partition coefficient (Wildman–Crippen LogP) is 4.37. The van der Waals surface area contributed by atoms with E-state index >= 15 is 0 Å². The number of benzene rings is 3. The summed E-state index contributed by atoms with van der Waals surface area (Å²) in [4.78, 5) is 25.5. The highest BCUT2D eigenvalue weighted by Gasteiger charge is 2.27. The Kier molecular flexibility index (Phi) is 6.01. The minimum Gasteiger partial charge on any atom is -0.496 e. The number of rotatable bonds is 6. The lowest BCUT2D eigenvalue weighted by Crippen LogP contribution is -2.26. The van der Waals surface area contributed by atoms with Gasteiger partial charge in [0.2, 0.25) is 6.10 Å². The number of amides is 1. The van der Waals surface area contributed by atoms with Crippen molar-refractivity contribution in [2.24, 2.45) is 0 Å². The molecule has 3 aromatic carbocycles. The second-order valence-corrected chi connectivity index (χ2v) is 5.89. The molecule has 3 rings (SSSR count). The van der Waals surface area contributed by atoms with Crippen LogP contribution in [0.4, 0.5) is 10.1 Å². The Balaban J connectivity index is 1.86. The van der Waals surface area contributed by atoms with E-state index in [0.717, 1.165) is 0 Å². The van der Waals surface area contributed by atoms with E-state index in [9.17, 15) is 14.0 Å². The number of halogens is 1. The Bertz CT molecular complexity index is 958. The highest BCUT2D eigenvalue weighted by molar-refractivity contribution is 5.99. The lowest BCUT2D eigenvalue weighted by molar-refractivity contribution is -0.125. The van der Waals surface area contributed by atoms with Gasteiger partial charge in [-0.3, -0.25) is 4.79 Å². The van der Waals surface area contributed by atoms with Gasteiger partial charge in [-0.05, 0) is 36.4 Å². The Morgan fingerprint density at radius 2 is 1.54 bits per heavy atom. The Hall–Kier alpha value is -3.67. The van der Waals surface area contributed by atoms with Gasteiger partial charge in [0.05, 0.1) is 7.11 Å². The molecule has 0 spiro atoms. The van der Waals surface area contributed by atoms with Crippen LogP contribution in [-0.2, 0) is 9.53 Å². The Morgan fingerprint density at radius 1 is 0.893 bits per heavy atom. The molecule has 0 aromatic heterocycles. The van der Waals surface area contributed by atoms with Crippen molar-refractivity contribution in [3.8, 4) is 5.75 Å². The number of hydrogen-bond acceptors (Lipinski definition) is 4. The normalized spacial score (nSPS) is 11.4. The number of nitrogens with one attached hydrogen (secondary N) is 1. The summed E-state index contributed by atoms with van der Waals surface area (Å²) in [5.74, 6) is -1.32. The number of esters is 1. The van der Waals surface area contributed by atoms with Gasteiger partial charge < -0.3 is 14.8 Å². The van der Waals surface area contributed by atoms with Gasteiger partial charge in [0.25, 0.3) is 5.91 Å². The zero-order chi connectivity index (χ0) is 19.9. The molecule has 0 unspecified atom stereocenters. The van der Waals surface area contributed by atoms with Crippen LogP contribution in [0.3, 0.4) is 0 Å². The summed E-state index contributed by atoms with van der Waals surface area (Å²) in [6, 6.07) is 20.6. The molecule has 1 N–H and O–H groups in total. The van der Waals surface area contributed by atoms with E-state index in [1.807, 2.05) is 0 Å². The Labute approximate surface area is 161 Å². The van der Waals surface area contributed by atoms with Gasteiger partial charge >= 0.3 is 5.97 Å². The van der Waals surface area contributed by atoms with Gasteiger partial charge in [0.15, 0.2) is 0 Å². The van der Waals surface area contributed by atoms with E-state index < -0.39 is 23.8 Å². The van der Waals surface area contributed by atoms with E-state index in [-0.39, 0.29) is 5.56 Å². The zero-order valence-corrected chi connectivity index (χ0v) is 15.1. The fourth-order valence-corrected chi connectivity index (χ4v) is 2.63. The highest BCUT2D eigenvalue weighted by atomic mass is 19.1. The molecule has 5 nitrogen and oxygen atoms in total. The van der Waals surface area contributed by atoms with Crippen LogP contribution in [-0.4, -0.2) is 19.0 Å². The van der Waals surface area contributed by atoms with E-state index in [4.69, 9.17) is 9.47 Å². The summed E-state index contributed by atoms with van der Waals surface area (Å²) in [5.41, 5.74) is 1.10. The predicted molar refractivity (Wildman–Crippen MR) is 103 cm³/mol. The number of para-hydroxylation sites is 1. The first-order chi connectivity index (χ1) is 13.6. The number of hydrogen-bond donors (Lipinski definition) is 1. The molecule has 3 aromatic rings. The molecule has 6 heteroatoms. The summed E-state index contributed by atoms with van der Waals surface area (Å²) in [5, 5.41) is 2.64. The molecule has 0 saturated carbocycles. The minimum absolute atomic E-state index is 0.209. The topological polar surface area (TPSA) is 64.6 Å². The first-order valence-electron chi connectivity index (χ1n) is 8.54. The third-order valence-electron chi connectivity index (χ3n) is 4.00. The monoisotopic (exact) mass is 379 g/mol. The molecule has 1 amide bonds. The molecule has 1 atom stereocenters. The third-order valence-corrected chi connectivity index (χ3v) is 4.00. The van der Waals surface area contributed by atoms with Crippen LogP contribution in [0, 0.1) is 5.82 Å². The molecule has 0 aliphatic rings. The standard InChI is InChI=1S/C22H18FNO4/c1-27-19-10-6-5-9-18(19)22(26)28-20(15-7-3-2-4-8-15)21(25)24-17-13-11-16(23)12-14-17/h2-14,20H,1H3,(H,24,25)/t20-/m1/s1. The van der Waals surface area contributed by atoms with Gasteiger partial charge in [-0.1, -0.05) is 42.5 Å². The van der Waals surface area contributed by atoms with Crippen LogP contribution in [0.15, 0.2) is 78.9 Å². The van der Waals surface area contributed by atoms with Crippen molar-refractivity contribution in [1.82, 2.24) is 0 Å². The molecule has 28 heavy (non-hydrogen) atoms. The van der Waals surface area contributed by atoms with Crippen molar-refractivity contribution in [2.45, 2.75) is 6.10 Å².